The Morgan fingerprint density at radius 3 is 2.85 bits per heavy atom. The van der Waals surface area contributed by atoms with Gasteiger partial charge in [0, 0.05) is 11.6 Å². The number of benzene rings is 1. The highest BCUT2D eigenvalue weighted by molar-refractivity contribution is 7.99. The first kappa shape index (κ1) is 14.9. The Morgan fingerprint density at radius 2 is 2.20 bits per heavy atom. The summed E-state index contributed by atoms with van der Waals surface area (Å²) in [6, 6.07) is 4.54. The molecule has 0 aliphatic carbocycles. The largest absolute Gasteiger partial charge is 0.349 e. The van der Waals surface area contributed by atoms with Gasteiger partial charge in [-0.1, -0.05) is 11.8 Å². The van der Waals surface area contributed by atoms with Crippen molar-refractivity contribution in [1.29, 1.82) is 0 Å². The molecule has 1 heterocycles. The molecule has 1 aromatic carbocycles. The minimum atomic E-state index is -0.545. The maximum absolute atomic E-state index is 13.9. The molecule has 0 bridgehead atoms. The van der Waals surface area contributed by atoms with E-state index in [1.54, 1.807) is 6.07 Å². The number of halogens is 1. The molecule has 1 amide bonds. The van der Waals surface area contributed by atoms with Crippen LogP contribution in [-0.2, 0) is 0 Å². The molecule has 106 valence electrons. The van der Waals surface area contributed by atoms with Gasteiger partial charge in [0.15, 0.2) is 0 Å². The second kappa shape index (κ2) is 7.32. The lowest BCUT2D eigenvalue weighted by molar-refractivity contribution is 0.0931. The zero-order valence-electron chi connectivity index (χ0n) is 11.1. The summed E-state index contributed by atoms with van der Waals surface area (Å²) < 4.78 is 13.9. The van der Waals surface area contributed by atoms with Crippen molar-refractivity contribution in [3.63, 3.8) is 0 Å². The summed E-state index contributed by atoms with van der Waals surface area (Å²) in [6.07, 6.45) is 1.89. The molecule has 1 aromatic rings. The number of hydrogen-bond acceptors (Lipinski definition) is 3. The third kappa shape index (κ3) is 3.99. The number of nitrogens with one attached hydrogen (secondary N) is 1. The molecule has 2 rings (SSSR count). The van der Waals surface area contributed by atoms with Gasteiger partial charge in [-0.2, -0.15) is 11.8 Å². The standard InChI is InChI=1S/C15H17FN2OS/c16-14-10-11(2-1-7-17)3-4-13(14)15(19)18-12-5-8-20-9-6-12/h3-4,10,12H,5-9,17H2,(H,18,19). The Labute approximate surface area is 122 Å². The molecule has 0 saturated carbocycles. The Balaban J connectivity index is 2.05. The summed E-state index contributed by atoms with van der Waals surface area (Å²) in [7, 11) is 0. The van der Waals surface area contributed by atoms with E-state index in [-0.39, 0.29) is 24.1 Å². The maximum atomic E-state index is 13.9. The monoisotopic (exact) mass is 292 g/mol. The zero-order valence-corrected chi connectivity index (χ0v) is 11.9. The van der Waals surface area contributed by atoms with Crippen LogP contribution in [0.2, 0.25) is 0 Å². The molecule has 0 unspecified atom stereocenters. The summed E-state index contributed by atoms with van der Waals surface area (Å²) in [5, 5.41) is 2.89. The quantitative estimate of drug-likeness (QED) is 0.817. The average molecular weight is 292 g/mol. The highest BCUT2D eigenvalue weighted by atomic mass is 32.2. The van der Waals surface area contributed by atoms with Crippen LogP contribution in [0.3, 0.4) is 0 Å². The smallest absolute Gasteiger partial charge is 0.254 e. The van der Waals surface area contributed by atoms with E-state index in [1.165, 1.54) is 12.1 Å². The summed E-state index contributed by atoms with van der Waals surface area (Å²) in [6.45, 7) is 0.226. The molecule has 3 nitrogen and oxygen atoms in total. The normalized spacial score (nSPS) is 15.3. The van der Waals surface area contributed by atoms with E-state index in [0.29, 0.717) is 5.56 Å². The molecule has 0 spiro atoms. The van der Waals surface area contributed by atoms with Crippen LogP contribution in [0, 0.1) is 17.7 Å². The van der Waals surface area contributed by atoms with Crippen molar-refractivity contribution in [2.45, 2.75) is 18.9 Å². The van der Waals surface area contributed by atoms with Gasteiger partial charge in [0.05, 0.1) is 12.1 Å². The maximum Gasteiger partial charge on any atom is 0.254 e. The second-order valence-corrected chi connectivity index (χ2v) is 5.79. The van der Waals surface area contributed by atoms with Gasteiger partial charge in [-0.3, -0.25) is 4.79 Å². The molecule has 20 heavy (non-hydrogen) atoms. The van der Waals surface area contributed by atoms with E-state index >= 15 is 0 Å². The lowest BCUT2D eigenvalue weighted by Gasteiger charge is -2.22. The molecule has 0 radical (unpaired) electrons. The van der Waals surface area contributed by atoms with Crippen molar-refractivity contribution in [2.75, 3.05) is 18.1 Å². The predicted octanol–water partition coefficient (Wildman–Crippen LogP) is 1.76. The summed E-state index contributed by atoms with van der Waals surface area (Å²) >= 11 is 1.88. The van der Waals surface area contributed by atoms with Crippen molar-refractivity contribution in [3.05, 3.63) is 35.1 Å². The first-order valence-electron chi connectivity index (χ1n) is 6.58. The van der Waals surface area contributed by atoms with Crippen LogP contribution in [0.4, 0.5) is 4.39 Å². The van der Waals surface area contributed by atoms with Gasteiger partial charge in [0.2, 0.25) is 0 Å². The Hall–Kier alpha value is -1.51. The van der Waals surface area contributed by atoms with E-state index in [9.17, 15) is 9.18 Å². The van der Waals surface area contributed by atoms with Crippen LogP contribution in [-0.4, -0.2) is 30.0 Å². The Morgan fingerprint density at radius 1 is 1.45 bits per heavy atom. The number of thioether (sulfide) groups is 1. The van der Waals surface area contributed by atoms with Gasteiger partial charge in [-0.05, 0) is 42.5 Å². The Bertz CT molecular complexity index is 545. The first-order chi connectivity index (χ1) is 9.70. The molecule has 1 saturated heterocycles. The third-order valence-corrected chi connectivity index (χ3v) is 4.15. The lowest BCUT2D eigenvalue weighted by Crippen LogP contribution is -2.37. The van der Waals surface area contributed by atoms with Crippen molar-refractivity contribution in [2.24, 2.45) is 5.73 Å². The minimum absolute atomic E-state index is 0.0709. The number of carbonyl (C=O) groups excluding carboxylic acids is 1. The fraction of sp³-hybridized carbons (Fsp3) is 0.400. The first-order valence-corrected chi connectivity index (χ1v) is 7.73. The molecule has 1 aliphatic heterocycles. The average Bonchev–Trinajstić information content (AvgIpc) is 2.46. The van der Waals surface area contributed by atoms with E-state index in [1.807, 2.05) is 11.8 Å². The highest BCUT2D eigenvalue weighted by Crippen LogP contribution is 2.18. The SMILES string of the molecule is NCC#Cc1ccc(C(=O)NC2CCSCC2)c(F)c1. The number of hydrogen-bond donors (Lipinski definition) is 2. The summed E-state index contributed by atoms with van der Waals surface area (Å²) in [5.41, 5.74) is 5.86. The van der Waals surface area contributed by atoms with Crippen LogP contribution in [0.15, 0.2) is 18.2 Å². The van der Waals surface area contributed by atoms with Gasteiger partial charge in [0.25, 0.3) is 5.91 Å². The summed E-state index contributed by atoms with van der Waals surface area (Å²) in [4.78, 5) is 12.0. The van der Waals surface area contributed by atoms with Crippen molar-refractivity contribution < 1.29 is 9.18 Å². The van der Waals surface area contributed by atoms with Crippen LogP contribution < -0.4 is 11.1 Å². The van der Waals surface area contributed by atoms with Crippen molar-refractivity contribution in [1.82, 2.24) is 5.32 Å². The molecule has 0 aromatic heterocycles. The van der Waals surface area contributed by atoms with Crippen LogP contribution in [0.5, 0.6) is 0 Å². The fourth-order valence-corrected chi connectivity index (χ4v) is 3.14. The van der Waals surface area contributed by atoms with Crippen molar-refractivity contribution >= 4 is 17.7 Å². The number of nitrogens with two attached hydrogens (primary N) is 1. The van der Waals surface area contributed by atoms with E-state index in [4.69, 9.17) is 5.73 Å². The van der Waals surface area contributed by atoms with Gasteiger partial charge in [0.1, 0.15) is 5.82 Å². The van der Waals surface area contributed by atoms with Gasteiger partial charge in [-0.25, -0.2) is 4.39 Å². The number of amides is 1. The van der Waals surface area contributed by atoms with E-state index < -0.39 is 5.82 Å². The zero-order chi connectivity index (χ0) is 14.4. The number of rotatable bonds is 2. The van der Waals surface area contributed by atoms with Gasteiger partial charge >= 0.3 is 0 Å². The Kier molecular flexibility index (Phi) is 5.45. The minimum Gasteiger partial charge on any atom is -0.349 e. The van der Waals surface area contributed by atoms with Crippen LogP contribution >= 0.6 is 11.8 Å². The van der Waals surface area contributed by atoms with E-state index in [0.717, 1.165) is 24.3 Å². The molecular weight excluding hydrogens is 275 g/mol. The molecule has 3 N–H and O–H groups in total. The highest BCUT2D eigenvalue weighted by Gasteiger charge is 2.18. The topological polar surface area (TPSA) is 55.1 Å². The molecule has 1 fully saturated rings. The molecule has 5 heteroatoms. The molecule has 1 aliphatic rings. The predicted molar refractivity (Wildman–Crippen MR) is 80.1 cm³/mol. The third-order valence-electron chi connectivity index (χ3n) is 3.11. The lowest BCUT2D eigenvalue weighted by atomic mass is 10.1. The van der Waals surface area contributed by atoms with Crippen LogP contribution in [0.25, 0.3) is 0 Å². The van der Waals surface area contributed by atoms with Crippen molar-refractivity contribution in [3.8, 4) is 11.8 Å². The number of carbonyl (C=O) groups is 1. The molecular formula is C15H17FN2OS. The second-order valence-electron chi connectivity index (χ2n) is 4.56. The van der Waals surface area contributed by atoms with Crippen LogP contribution in [0.1, 0.15) is 28.8 Å². The van der Waals surface area contributed by atoms with Gasteiger partial charge < -0.3 is 11.1 Å². The molecule has 0 atom stereocenters. The fourth-order valence-electron chi connectivity index (χ4n) is 2.04. The summed E-state index contributed by atoms with van der Waals surface area (Å²) in [5.74, 6) is 6.59. The van der Waals surface area contributed by atoms with Gasteiger partial charge in [-0.15, -0.1) is 0 Å². The van der Waals surface area contributed by atoms with E-state index in [2.05, 4.69) is 17.2 Å².